The molecular formula is C13H20N4O. The van der Waals surface area contributed by atoms with Crippen LogP contribution in [0.5, 0.6) is 0 Å². The molecule has 1 atom stereocenters. The maximum Gasteiger partial charge on any atom is 0.140 e. The molecule has 0 saturated heterocycles. The largest absolute Gasteiger partial charge is 0.388 e. The number of nitrogens with one attached hydrogen (secondary N) is 1. The molecule has 0 amide bonds. The van der Waals surface area contributed by atoms with Crippen LogP contribution < -0.4 is 5.32 Å². The number of hydrogen-bond donors (Lipinski definition) is 2. The minimum absolute atomic E-state index is 0.411. The summed E-state index contributed by atoms with van der Waals surface area (Å²) < 4.78 is 0. The van der Waals surface area contributed by atoms with Gasteiger partial charge in [0.05, 0.1) is 5.60 Å². The van der Waals surface area contributed by atoms with Gasteiger partial charge in [-0.3, -0.25) is 0 Å². The van der Waals surface area contributed by atoms with E-state index in [4.69, 9.17) is 5.26 Å². The normalized spacial score (nSPS) is 14.2. The smallest absolute Gasteiger partial charge is 0.140 e. The summed E-state index contributed by atoms with van der Waals surface area (Å²) in [6, 6.07) is 5.60. The van der Waals surface area contributed by atoms with E-state index in [1.54, 1.807) is 19.2 Å². The van der Waals surface area contributed by atoms with Crippen molar-refractivity contribution in [3.05, 3.63) is 29.6 Å². The number of aromatic nitrogens is 1. The minimum atomic E-state index is -0.769. The van der Waals surface area contributed by atoms with Gasteiger partial charge < -0.3 is 15.3 Å². The van der Waals surface area contributed by atoms with Gasteiger partial charge in [0.2, 0.25) is 0 Å². The monoisotopic (exact) mass is 248 g/mol. The number of hydrogen-bond acceptors (Lipinski definition) is 5. The highest BCUT2D eigenvalue weighted by Crippen LogP contribution is 2.04. The van der Waals surface area contributed by atoms with E-state index in [9.17, 15) is 5.11 Å². The predicted octanol–water partition coefficient (Wildman–Crippen LogP) is 0.355. The highest BCUT2D eigenvalue weighted by atomic mass is 16.3. The lowest BCUT2D eigenvalue weighted by molar-refractivity contribution is 0.0336. The zero-order valence-corrected chi connectivity index (χ0v) is 11.1. The Morgan fingerprint density at radius 3 is 2.89 bits per heavy atom. The predicted molar refractivity (Wildman–Crippen MR) is 69.8 cm³/mol. The van der Waals surface area contributed by atoms with E-state index in [0.717, 1.165) is 5.56 Å². The topological polar surface area (TPSA) is 72.2 Å². The number of pyridine rings is 1. The van der Waals surface area contributed by atoms with Crippen molar-refractivity contribution < 1.29 is 5.11 Å². The molecule has 0 aliphatic carbocycles. The summed E-state index contributed by atoms with van der Waals surface area (Å²) in [5, 5.41) is 22.0. The van der Waals surface area contributed by atoms with Gasteiger partial charge in [0.15, 0.2) is 0 Å². The van der Waals surface area contributed by atoms with E-state index in [-0.39, 0.29) is 0 Å². The van der Waals surface area contributed by atoms with Crippen molar-refractivity contribution in [1.29, 1.82) is 5.26 Å². The Bertz CT molecular complexity index is 423. The molecule has 0 bridgehead atoms. The Balaban J connectivity index is 2.44. The summed E-state index contributed by atoms with van der Waals surface area (Å²) in [6.07, 6.45) is 1.62. The lowest BCUT2D eigenvalue weighted by atomic mass is 10.1. The molecule has 1 aromatic heterocycles. The average molecular weight is 248 g/mol. The first-order chi connectivity index (χ1) is 8.43. The van der Waals surface area contributed by atoms with Crippen LogP contribution in [0.4, 0.5) is 0 Å². The number of nitrogens with zero attached hydrogens (tertiary/aromatic N) is 3. The molecule has 5 heteroatoms. The van der Waals surface area contributed by atoms with Crippen LogP contribution in [0.25, 0.3) is 0 Å². The van der Waals surface area contributed by atoms with Gasteiger partial charge in [-0.2, -0.15) is 5.26 Å². The Kier molecular flexibility index (Phi) is 5.23. The molecule has 0 radical (unpaired) electrons. The minimum Gasteiger partial charge on any atom is -0.388 e. The number of nitriles is 1. The summed E-state index contributed by atoms with van der Waals surface area (Å²) >= 11 is 0. The number of aliphatic hydroxyl groups is 1. The third kappa shape index (κ3) is 5.23. The van der Waals surface area contributed by atoms with E-state index in [2.05, 4.69) is 10.3 Å². The van der Waals surface area contributed by atoms with Gasteiger partial charge in [-0.05, 0) is 38.7 Å². The SMILES string of the molecule is CN(C)CC(C)(O)CNCc1ccnc(C#N)c1. The molecule has 0 aromatic carbocycles. The van der Waals surface area contributed by atoms with Crippen LogP contribution in [0.15, 0.2) is 18.3 Å². The molecule has 1 aromatic rings. The third-order valence-electron chi connectivity index (χ3n) is 2.43. The van der Waals surface area contributed by atoms with Crippen LogP contribution in [-0.2, 0) is 6.54 Å². The molecule has 1 rings (SSSR count). The van der Waals surface area contributed by atoms with E-state index in [1.807, 2.05) is 31.1 Å². The fourth-order valence-electron chi connectivity index (χ4n) is 1.86. The van der Waals surface area contributed by atoms with E-state index in [1.165, 1.54) is 0 Å². The Morgan fingerprint density at radius 2 is 2.28 bits per heavy atom. The third-order valence-corrected chi connectivity index (χ3v) is 2.43. The maximum atomic E-state index is 10.1. The highest BCUT2D eigenvalue weighted by Gasteiger charge is 2.20. The zero-order valence-electron chi connectivity index (χ0n) is 11.1. The summed E-state index contributed by atoms with van der Waals surface area (Å²) in [5.41, 5.74) is 0.630. The van der Waals surface area contributed by atoms with Gasteiger partial charge >= 0.3 is 0 Å². The summed E-state index contributed by atoms with van der Waals surface area (Å²) in [7, 11) is 3.85. The van der Waals surface area contributed by atoms with Crippen molar-refractivity contribution in [1.82, 2.24) is 15.2 Å². The van der Waals surface area contributed by atoms with E-state index < -0.39 is 5.60 Å². The fourth-order valence-corrected chi connectivity index (χ4v) is 1.86. The van der Waals surface area contributed by atoms with Crippen LogP contribution in [0, 0.1) is 11.3 Å². The molecule has 0 saturated carbocycles. The molecule has 0 aliphatic heterocycles. The van der Waals surface area contributed by atoms with Crippen LogP contribution in [0.2, 0.25) is 0 Å². The second-order valence-electron chi connectivity index (χ2n) is 5.00. The standard InChI is InChI=1S/C13H20N4O/c1-13(18,10-17(2)3)9-15-8-11-4-5-16-12(6-11)7-14/h4-6,15,18H,8-10H2,1-3H3. The van der Waals surface area contributed by atoms with Crippen LogP contribution in [0.3, 0.4) is 0 Å². The molecule has 98 valence electrons. The highest BCUT2D eigenvalue weighted by molar-refractivity contribution is 5.25. The molecule has 2 N–H and O–H groups in total. The molecule has 1 heterocycles. The number of likely N-dealkylation sites (N-methyl/N-ethyl adjacent to an activating group) is 1. The van der Waals surface area contributed by atoms with Crippen molar-refractivity contribution in [2.45, 2.75) is 19.1 Å². The van der Waals surface area contributed by atoms with E-state index >= 15 is 0 Å². The first-order valence-corrected chi connectivity index (χ1v) is 5.86. The summed E-state index contributed by atoms with van der Waals surface area (Å²) in [4.78, 5) is 5.86. The Labute approximate surface area is 108 Å². The molecule has 0 spiro atoms. The van der Waals surface area contributed by atoms with Crippen molar-refractivity contribution in [3.63, 3.8) is 0 Å². The first-order valence-electron chi connectivity index (χ1n) is 5.86. The second kappa shape index (κ2) is 6.45. The van der Waals surface area contributed by atoms with Gasteiger partial charge in [-0.15, -0.1) is 0 Å². The quantitative estimate of drug-likeness (QED) is 0.760. The lowest BCUT2D eigenvalue weighted by Crippen LogP contribution is -2.45. The Hall–Kier alpha value is -1.48. The summed E-state index contributed by atoms with van der Waals surface area (Å²) in [5.74, 6) is 0. The maximum absolute atomic E-state index is 10.1. The number of rotatable bonds is 6. The Morgan fingerprint density at radius 1 is 1.56 bits per heavy atom. The molecule has 5 nitrogen and oxygen atoms in total. The lowest BCUT2D eigenvalue weighted by Gasteiger charge is -2.27. The second-order valence-corrected chi connectivity index (χ2v) is 5.00. The molecular weight excluding hydrogens is 228 g/mol. The average Bonchev–Trinajstić information content (AvgIpc) is 2.27. The van der Waals surface area contributed by atoms with Gasteiger partial charge in [0.25, 0.3) is 0 Å². The van der Waals surface area contributed by atoms with Gasteiger partial charge in [-0.25, -0.2) is 4.98 Å². The molecule has 0 fully saturated rings. The first kappa shape index (κ1) is 14.6. The van der Waals surface area contributed by atoms with Crippen LogP contribution >= 0.6 is 0 Å². The van der Waals surface area contributed by atoms with Crippen molar-refractivity contribution in [2.24, 2.45) is 0 Å². The van der Waals surface area contributed by atoms with Crippen LogP contribution in [-0.4, -0.2) is 47.8 Å². The van der Waals surface area contributed by atoms with Crippen molar-refractivity contribution >= 4 is 0 Å². The molecule has 18 heavy (non-hydrogen) atoms. The summed E-state index contributed by atoms with van der Waals surface area (Å²) in [6.45, 7) is 3.50. The van der Waals surface area contributed by atoms with Gasteiger partial charge in [0, 0.05) is 25.8 Å². The van der Waals surface area contributed by atoms with E-state index in [0.29, 0.717) is 25.3 Å². The van der Waals surface area contributed by atoms with Crippen molar-refractivity contribution in [3.8, 4) is 6.07 Å². The van der Waals surface area contributed by atoms with Crippen LogP contribution in [0.1, 0.15) is 18.2 Å². The van der Waals surface area contributed by atoms with Crippen molar-refractivity contribution in [2.75, 3.05) is 27.2 Å². The van der Waals surface area contributed by atoms with Gasteiger partial charge in [0.1, 0.15) is 11.8 Å². The van der Waals surface area contributed by atoms with Gasteiger partial charge in [-0.1, -0.05) is 0 Å². The molecule has 0 aliphatic rings. The molecule has 1 unspecified atom stereocenters. The zero-order chi connectivity index (χ0) is 13.6. The fraction of sp³-hybridized carbons (Fsp3) is 0.538.